The van der Waals surface area contributed by atoms with Gasteiger partial charge in [-0.05, 0) is 53.4 Å². The number of alkyl halides is 3. The molecule has 160 valence electrons. The lowest BCUT2D eigenvalue weighted by Crippen LogP contribution is -2.28. The van der Waals surface area contributed by atoms with Gasteiger partial charge in [0.1, 0.15) is 11.6 Å². The van der Waals surface area contributed by atoms with Crippen LogP contribution in [-0.4, -0.2) is 22.5 Å². The Hall–Kier alpha value is -3.42. The Morgan fingerprint density at radius 2 is 1.77 bits per heavy atom. The highest BCUT2D eigenvalue weighted by molar-refractivity contribution is 5.97. The molecule has 8 heteroatoms. The summed E-state index contributed by atoms with van der Waals surface area (Å²) < 4.78 is 56.9. The van der Waals surface area contributed by atoms with Crippen LogP contribution in [0.5, 0.6) is 5.75 Å². The summed E-state index contributed by atoms with van der Waals surface area (Å²) in [5.41, 5.74) is 1.67. The van der Waals surface area contributed by atoms with E-state index in [9.17, 15) is 27.2 Å². The highest BCUT2D eigenvalue weighted by Gasteiger charge is 2.31. The van der Waals surface area contributed by atoms with Crippen LogP contribution in [0.15, 0.2) is 60.8 Å². The van der Waals surface area contributed by atoms with Crippen LogP contribution in [0.25, 0.3) is 11.1 Å². The highest BCUT2D eigenvalue weighted by Crippen LogP contribution is 2.30. The quantitative estimate of drug-likeness (QED) is 0.500. The number of carbonyl (C=O) groups excluding carboxylic acids is 2. The van der Waals surface area contributed by atoms with Crippen molar-refractivity contribution in [2.45, 2.75) is 31.7 Å². The number of ketones is 2. The molecule has 0 fully saturated rings. The van der Waals surface area contributed by atoms with Crippen LogP contribution in [0.1, 0.15) is 34.9 Å². The molecule has 1 atom stereocenters. The summed E-state index contributed by atoms with van der Waals surface area (Å²) in [5.74, 6) is -1.16. The molecule has 4 rings (SSSR count). The van der Waals surface area contributed by atoms with E-state index in [-0.39, 0.29) is 35.7 Å². The summed E-state index contributed by atoms with van der Waals surface area (Å²) in [6, 6.07) is 12.3. The second kappa shape index (κ2) is 8.02. The van der Waals surface area contributed by atoms with Crippen molar-refractivity contribution < 1.29 is 31.9 Å². The summed E-state index contributed by atoms with van der Waals surface area (Å²) >= 11 is 0. The fraction of sp³-hybridized carbons (Fsp3) is 0.217. The summed E-state index contributed by atoms with van der Waals surface area (Å²) in [6.07, 6.45) is -2.57. The van der Waals surface area contributed by atoms with Crippen LogP contribution >= 0.6 is 0 Å². The van der Waals surface area contributed by atoms with Gasteiger partial charge in [0.05, 0.1) is 11.7 Å². The van der Waals surface area contributed by atoms with E-state index < -0.39 is 18.2 Å². The predicted molar refractivity (Wildman–Crippen MR) is 104 cm³/mol. The molecule has 0 saturated heterocycles. The lowest BCUT2D eigenvalue weighted by molar-refractivity contribution is -0.274. The van der Waals surface area contributed by atoms with Crippen molar-refractivity contribution in [2.75, 3.05) is 0 Å². The van der Waals surface area contributed by atoms with Crippen molar-refractivity contribution in [3.05, 3.63) is 77.9 Å². The third-order valence-electron chi connectivity index (χ3n) is 5.26. The molecule has 0 saturated carbocycles. The van der Waals surface area contributed by atoms with Crippen LogP contribution in [0.4, 0.5) is 17.6 Å². The average molecular weight is 431 g/mol. The Balaban J connectivity index is 1.49. The van der Waals surface area contributed by atoms with Crippen molar-refractivity contribution in [3.63, 3.8) is 0 Å². The van der Waals surface area contributed by atoms with E-state index in [1.807, 2.05) is 0 Å². The Labute approximate surface area is 175 Å². The van der Waals surface area contributed by atoms with Crippen LogP contribution in [-0.2, 0) is 11.2 Å². The van der Waals surface area contributed by atoms with E-state index in [1.54, 1.807) is 29.0 Å². The maximum Gasteiger partial charge on any atom is 0.573 e. The number of nitrogens with zero attached hydrogens (tertiary/aromatic N) is 1. The summed E-state index contributed by atoms with van der Waals surface area (Å²) in [4.78, 5) is 24.7. The number of hydrogen-bond donors (Lipinski definition) is 0. The van der Waals surface area contributed by atoms with E-state index in [2.05, 4.69) is 4.74 Å². The van der Waals surface area contributed by atoms with Crippen molar-refractivity contribution in [2.24, 2.45) is 0 Å². The molecule has 1 aromatic heterocycles. The molecule has 1 unspecified atom stereocenters. The molecule has 0 aliphatic carbocycles. The number of Topliss-reactive ketones (excluding diaryl/α,β-unsaturated/α-hetero) is 2. The third-order valence-corrected chi connectivity index (χ3v) is 5.26. The molecule has 0 N–H and O–H groups in total. The predicted octanol–water partition coefficient (Wildman–Crippen LogP) is 5.52. The second-order valence-electron chi connectivity index (χ2n) is 7.30. The number of hydrogen-bond acceptors (Lipinski definition) is 3. The van der Waals surface area contributed by atoms with Gasteiger partial charge in [0, 0.05) is 19.0 Å². The Morgan fingerprint density at radius 1 is 1.06 bits per heavy atom. The lowest BCUT2D eigenvalue weighted by atomic mass is 9.94. The Morgan fingerprint density at radius 3 is 2.45 bits per heavy atom. The SMILES string of the molecule is O=C1CCC(C(=O)Cc2ccc(-c3ccc(OC(F)(F)F)cc3)cc2F)n2cccc21. The Bertz CT molecular complexity index is 1130. The molecule has 0 bridgehead atoms. The molecule has 0 amide bonds. The van der Waals surface area contributed by atoms with Crippen molar-refractivity contribution in [1.82, 2.24) is 4.57 Å². The maximum absolute atomic E-state index is 14.7. The minimum absolute atomic E-state index is 0.0174. The first kappa shape index (κ1) is 20.8. The van der Waals surface area contributed by atoms with Gasteiger partial charge in [0.25, 0.3) is 0 Å². The first-order valence-electron chi connectivity index (χ1n) is 9.58. The van der Waals surface area contributed by atoms with Crippen LogP contribution in [0, 0.1) is 5.82 Å². The van der Waals surface area contributed by atoms with E-state index in [1.165, 1.54) is 24.3 Å². The van der Waals surface area contributed by atoms with Gasteiger partial charge < -0.3 is 9.30 Å². The number of rotatable bonds is 5. The van der Waals surface area contributed by atoms with Crippen molar-refractivity contribution in [3.8, 4) is 16.9 Å². The first-order valence-corrected chi connectivity index (χ1v) is 9.58. The molecule has 0 radical (unpaired) electrons. The van der Waals surface area contributed by atoms with Crippen LogP contribution < -0.4 is 4.74 Å². The molecule has 2 heterocycles. The lowest BCUT2D eigenvalue weighted by Gasteiger charge is -2.24. The average Bonchev–Trinajstić information content (AvgIpc) is 3.20. The van der Waals surface area contributed by atoms with Crippen LogP contribution in [0.3, 0.4) is 0 Å². The van der Waals surface area contributed by atoms with E-state index in [0.717, 1.165) is 12.1 Å². The maximum atomic E-state index is 14.7. The normalized spacial score (nSPS) is 16.1. The number of benzene rings is 2. The van der Waals surface area contributed by atoms with Gasteiger partial charge in [0.15, 0.2) is 11.6 Å². The minimum atomic E-state index is -4.78. The number of aromatic nitrogens is 1. The third kappa shape index (κ3) is 4.52. The topological polar surface area (TPSA) is 48.3 Å². The number of ether oxygens (including phenoxy) is 1. The minimum Gasteiger partial charge on any atom is -0.406 e. The molecule has 1 aliphatic heterocycles. The van der Waals surface area contributed by atoms with E-state index in [0.29, 0.717) is 23.2 Å². The van der Waals surface area contributed by atoms with Gasteiger partial charge >= 0.3 is 6.36 Å². The molecular weight excluding hydrogens is 414 g/mol. The van der Waals surface area contributed by atoms with Crippen molar-refractivity contribution >= 4 is 11.6 Å². The van der Waals surface area contributed by atoms with E-state index in [4.69, 9.17) is 0 Å². The van der Waals surface area contributed by atoms with Gasteiger partial charge in [-0.2, -0.15) is 0 Å². The molecular formula is C23H17F4NO3. The molecule has 0 spiro atoms. The zero-order valence-corrected chi connectivity index (χ0v) is 16.2. The van der Waals surface area contributed by atoms with Gasteiger partial charge in [-0.15, -0.1) is 13.2 Å². The largest absolute Gasteiger partial charge is 0.573 e. The molecule has 3 aromatic rings. The van der Waals surface area contributed by atoms with Gasteiger partial charge in [-0.3, -0.25) is 9.59 Å². The summed E-state index contributed by atoms with van der Waals surface area (Å²) in [5, 5.41) is 0. The molecule has 1 aliphatic rings. The highest BCUT2D eigenvalue weighted by atomic mass is 19.4. The summed E-state index contributed by atoms with van der Waals surface area (Å²) in [6.45, 7) is 0. The van der Waals surface area contributed by atoms with Crippen LogP contribution in [0.2, 0.25) is 0 Å². The zero-order valence-electron chi connectivity index (χ0n) is 16.2. The monoisotopic (exact) mass is 431 g/mol. The second-order valence-corrected chi connectivity index (χ2v) is 7.30. The zero-order chi connectivity index (χ0) is 22.2. The van der Waals surface area contributed by atoms with E-state index >= 15 is 0 Å². The Kier molecular flexibility index (Phi) is 5.39. The molecule has 31 heavy (non-hydrogen) atoms. The number of fused-ring (bicyclic) bond motifs is 1. The number of carbonyl (C=O) groups is 2. The molecule has 4 nitrogen and oxygen atoms in total. The van der Waals surface area contributed by atoms with Gasteiger partial charge in [0.2, 0.25) is 0 Å². The fourth-order valence-corrected chi connectivity index (χ4v) is 3.78. The standard InChI is InChI=1S/C23H17F4NO3/c24-18-12-15(14-5-7-17(8-6-14)31-23(25,26)27)3-4-16(18)13-22(30)20-9-10-21(29)19-2-1-11-28(19)20/h1-8,11-12,20H,9-10,13H2. The molecule has 2 aromatic carbocycles. The fourth-order valence-electron chi connectivity index (χ4n) is 3.78. The number of halogens is 4. The summed E-state index contributed by atoms with van der Waals surface area (Å²) in [7, 11) is 0. The van der Waals surface area contributed by atoms with Gasteiger partial charge in [-0.1, -0.05) is 24.3 Å². The first-order chi connectivity index (χ1) is 14.7. The van der Waals surface area contributed by atoms with Crippen molar-refractivity contribution in [1.29, 1.82) is 0 Å². The van der Waals surface area contributed by atoms with Gasteiger partial charge in [-0.25, -0.2) is 4.39 Å². The smallest absolute Gasteiger partial charge is 0.406 e.